The molecule has 0 saturated heterocycles. The van der Waals surface area contributed by atoms with Gasteiger partial charge in [-0.05, 0) is 36.8 Å². The zero-order valence-corrected chi connectivity index (χ0v) is 16.6. The zero-order chi connectivity index (χ0) is 19.4. The van der Waals surface area contributed by atoms with E-state index in [1.54, 1.807) is 14.2 Å². The molecule has 0 spiro atoms. The first-order chi connectivity index (χ1) is 13.1. The topological polar surface area (TPSA) is 62.1 Å². The van der Waals surface area contributed by atoms with E-state index in [1.807, 2.05) is 54.9 Å². The number of aromatic nitrogens is 1. The van der Waals surface area contributed by atoms with Crippen molar-refractivity contribution in [1.29, 1.82) is 0 Å². The number of rotatable bonds is 6. The van der Waals surface area contributed by atoms with Crippen LogP contribution in [0.2, 0.25) is 0 Å². The van der Waals surface area contributed by atoms with Gasteiger partial charge in [0.2, 0.25) is 0 Å². The summed E-state index contributed by atoms with van der Waals surface area (Å²) in [4.78, 5) is 17.4. The molecule has 7 heteroatoms. The van der Waals surface area contributed by atoms with Crippen molar-refractivity contribution in [1.82, 2.24) is 4.57 Å². The molecule has 0 radical (unpaired) electrons. The van der Waals surface area contributed by atoms with E-state index in [1.165, 1.54) is 11.3 Å². The molecular formula is C20H22N2O4S. The maximum absolute atomic E-state index is 12.5. The van der Waals surface area contributed by atoms with E-state index in [0.29, 0.717) is 17.2 Å². The van der Waals surface area contributed by atoms with Crippen LogP contribution in [0.1, 0.15) is 12.5 Å². The standard InChI is InChI=1S/C20H22N2O4S/c1-5-26-14-8-6-13(7-9-14)12-17(23)21-20-22(2)18-15(24-3)10-11-16(25-4)19(18)27-20/h6-11H,5,12H2,1-4H3. The van der Waals surface area contributed by atoms with Gasteiger partial charge in [-0.25, -0.2) is 0 Å². The number of nitrogens with zero attached hydrogens (tertiary/aromatic N) is 2. The Bertz CT molecular complexity index is 1020. The van der Waals surface area contributed by atoms with Gasteiger partial charge < -0.3 is 18.8 Å². The number of carbonyl (C=O) groups is 1. The molecule has 0 aliphatic carbocycles. The second-order valence-corrected chi connectivity index (χ2v) is 6.83. The van der Waals surface area contributed by atoms with E-state index in [0.717, 1.165) is 27.3 Å². The zero-order valence-electron chi connectivity index (χ0n) is 15.8. The molecular weight excluding hydrogens is 364 g/mol. The van der Waals surface area contributed by atoms with Crippen molar-refractivity contribution in [3.05, 3.63) is 46.8 Å². The predicted molar refractivity (Wildman–Crippen MR) is 106 cm³/mol. The van der Waals surface area contributed by atoms with Gasteiger partial charge in [-0.3, -0.25) is 4.79 Å². The summed E-state index contributed by atoms with van der Waals surface area (Å²) in [6, 6.07) is 11.2. The molecule has 3 aromatic rings. The lowest BCUT2D eigenvalue weighted by Gasteiger charge is -2.06. The monoisotopic (exact) mass is 386 g/mol. The molecule has 0 atom stereocenters. The molecule has 1 amide bonds. The molecule has 1 aromatic heterocycles. The largest absolute Gasteiger partial charge is 0.495 e. The van der Waals surface area contributed by atoms with E-state index in [4.69, 9.17) is 14.2 Å². The number of benzene rings is 2. The maximum atomic E-state index is 12.5. The van der Waals surface area contributed by atoms with Crippen LogP contribution in [0.3, 0.4) is 0 Å². The number of amides is 1. The van der Waals surface area contributed by atoms with Crippen LogP contribution in [-0.2, 0) is 18.3 Å². The number of hydrogen-bond donors (Lipinski definition) is 0. The molecule has 0 saturated carbocycles. The lowest BCUT2D eigenvalue weighted by atomic mass is 10.1. The number of aryl methyl sites for hydroxylation is 1. The van der Waals surface area contributed by atoms with Gasteiger partial charge in [0.25, 0.3) is 5.91 Å². The average Bonchev–Trinajstić information content (AvgIpc) is 2.99. The minimum atomic E-state index is -0.209. The average molecular weight is 386 g/mol. The quantitative estimate of drug-likeness (QED) is 0.652. The number of hydrogen-bond acceptors (Lipinski definition) is 5. The van der Waals surface area contributed by atoms with Crippen molar-refractivity contribution < 1.29 is 19.0 Å². The van der Waals surface area contributed by atoms with E-state index in [2.05, 4.69) is 4.99 Å². The maximum Gasteiger partial charge on any atom is 0.252 e. The number of carbonyl (C=O) groups excluding carboxylic acids is 1. The third kappa shape index (κ3) is 3.98. The van der Waals surface area contributed by atoms with Gasteiger partial charge in [-0.2, -0.15) is 4.99 Å². The lowest BCUT2D eigenvalue weighted by molar-refractivity contribution is -0.117. The van der Waals surface area contributed by atoms with Crippen LogP contribution >= 0.6 is 11.3 Å². The summed E-state index contributed by atoms with van der Waals surface area (Å²) in [6.45, 7) is 2.55. The molecule has 0 fully saturated rings. The Hall–Kier alpha value is -2.80. The molecule has 2 aromatic carbocycles. The normalized spacial score (nSPS) is 11.6. The highest BCUT2D eigenvalue weighted by atomic mass is 32.1. The summed E-state index contributed by atoms with van der Waals surface area (Å²) in [6.07, 6.45) is 0.231. The van der Waals surface area contributed by atoms with Crippen LogP contribution in [0.4, 0.5) is 0 Å². The fourth-order valence-corrected chi connectivity index (χ4v) is 3.96. The van der Waals surface area contributed by atoms with Gasteiger partial charge >= 0.3 is 0 Å². The molecule has 142 valence electrons. The lowest BCUT2D eigenvalue weighted by Crippen LogP contribution is -2.14. The molecule has 27 heavy (non-hydrogen) atoms. The summed E-state index contributed by atoms with van der Waals surface area (Å²) in [5.74, 6) is 2.02. The van der Waals surface area contributed by atoms with Gasteiger partial charge in [0.05, 0.1) is 27.2 Å². The van der Waals surface area contributed by atoms with Gasteiger partial charge in [0, 0.05) is 7.05 Å². The van der Waals surface area contributed by atoms with E-state index >= 15 is 0 Å². The third-order valence-electron chi connectivity index (χ3n) is 4.12. The molecule has 0 aliphatic rings. The Kier molecular flexibility index (Phi) is 5.81. The highest BCUT2D eigenvalue weighted by Gasteiger charge is 2.14. The summed E-state index contributed by atoms with van der Waals surface area (Å²) in [5.41, 5.74) is 1.75. The number of methoxy groups -OCH3 is 2. The van der Waals surface area contributed by atoms with Gasteiger partial charge in [0.1, 0.15) is 27.5 Å². The second-order valence-electron chi connectivity index (χ2n) is 5.85. The van der Waals surface area contributed by atoms with Gasteiger partial charge in [-0.15, -0.1) is 0 Å². The SMILES string of the molecule is CCOc1ccc(CC(=O)N=c2sc3c(OC)ccc(OC)c3n2C)cc1. The van der Waals surface area contributed by atoms with Crippen molar-refractivity contribution in [2.75, 3.05) is 20.8 Å². The Morgan fingerprint density at radius 3 is 2.37 bits per heavy atom. The first kappa shape index (κ1) is 19.0. The minimum absolute atomic E-state index is 0.209. The Labute approximate surface area is 161 Å². The fourth-order valence-electron chi connectivity index (χ4n) is 2.82. The molecule has 6 nitrogen and oxygen atoms in total. The smallest absolute Gasteiger partial charge is 0.252 e. The van der Waals surface area contributed by atoms with Crippen molar-refractivity contribution >= 4 is 27.5 Å². The Morgan fingerprint density at radius 1 is 1.07 bits per heavy atom. The van der Waals surface area contributed by atoms with Crippen LogP contribution in [0.5, 0.6) is 17.2 Å². The molecule has 0 aliphatic heterocycles. The van der Waals surface area contributed by atoms with Gasteiger partial charge in [0.15, 0.2) is 4.80 Å². The Balaban J connectivity index is 1.93. The summed E-state index contributed by atoms with van der Waals surface area (Å²) >= 11 is 1.40. The fraction of sp³-hybridized carbons (Fsp3) is 0.300. The Morgan fingerprint density at radius 2 is 1.74 bits per heavy atom. The summed E-state index contributed by atoms with van der Waals surface area (Å²) in [5, 5.41) is 0. The first-order valence-electron chi connectivity index (χ1n) is 8.57. The molecule has 0 N–H and O–H groups in total. The van der Waals surface area contributed by atoms with Crippen LogP contribution in [0, 0.1) is 0 Å². The van der Waals surface area contributed by atoms with E-state index < -0.39 is 0 Å². The van der Waals surface area contributed by atoms with Crippen molar-refractivity contribution in [3.63, 3.8) is 0 Å². The van der Waals surface area contributed by atoms with E-state index in [9.17, 15) is 4.79 Å². The number of ether oxygens (including phenoxy) is 3. The highest BCUT2D eigenvalue weighted by Crippen LogP contribution is 2.34. The summed E-state index contributed by atoms with van der Waals surface area (Å²) in [7, 11) is 5.10. The number of thiazole rings is 1. The third-order valence-corrected chi connectivity index (χ3v) is 5.27. The molecule has 3 rings (SSSR count). The highest BCUT2D eigenvalue weighted by molar-refractivity contribution is 7.16. The number of fused-ring (bicyclic) bond motifs is 1. The molecule has 0 bridgehead atoms. The van der Waals surface area contributed by atoms with Crippen LogP contribution in [0.25, 0.3) is 10.2 Å². The second kappa shape index (κ2) is 8.26. The van der Waals surface area contributed by atoms with Crippen molar-refractivity contribution in [2.24, 2.45) is 12.0 Å². The van der Waals surface area contributed by atoms with E-state index in [-0.39, 0.29) is 12.3 Å². The van der Waals surface area contributed by atoms with Crippen LogP contribution in [-0.4, -0.2) is 31.3 Å². The summed E-state index contributed by atoms with van der Waals surface area (Å²) < 4.78 is 19.0. The van der Waals surface area contributed by atoms with Crippen molar-refractivity contribution in [2.45, 2.75) is 13.3 Å². The minimum Gasteiger partial charge on any atom is -0.495 e. The molecule has 0 unspecified atom stereocenters. The first-order valence-corrected chi connectivity index (χ1v) is 9.38. The van der Waals surface area contributed by atoms with Crippen LogP contribution in [0.15, 0.2) is 41.4 Å². The van der Waals surface area contributed by atoms with Crippen LogP contribution < -0.4 is 19.0 Å². The van der Waals surface area contributed by atoms with Crippen molar-refractivity contribution in [3.8, 4) is 17.2 Å². The van der Waals surface area contributed by atoms with Gasteiger partial charge in [-0.1, -0.05) is 23.5 Å². The predicted octanol–water partition coefficient (Wildman–Crippen LogP) is 3.33. The molecule has 1 heterocycles.